The Hall–Kier alpha value is -2.27. The average molecular weight is 454 g/mol. The molecule has 0 fully saturated rings. The third-order valence-corrected chi connectivity index (χ3v) is 7.90. The summed E-state index contributed by atoms with van der Waals surface area (Å²) in [5, 5.41) is 0. The minimum atomic E-state index is -3.97. The van der Waals surface area contributed by atoms with E-state index in [-0.39, 0.29) is 21.3 Å². The molecule has 10 heteroatoms. The van der Waals surface area contributed by atoms with Crippen LogP contribution in [-0.4, -0.2) is 40.1 Å². The second-order valence-corrected chi connectivity index (χ2v) is 10.5. The summed E-state index contributed by atoms with van der Waals surface area (Å²) in [6, 6.07) is 11.8. The molecule has 0 heterocycles. The zero-order valence-electron chi connectivity index (χ0n) is 17.4. The van der Waals surface area contributed by atoms with Crippen LogP contribution in [0.15, 0.2) is 58.3 Å². The van der Waals surface area contributed by atoms with E-state index in [9.17, 15) is 21.6 Å². The molecule has 0 aliphatic carbocycles. The lowest BCUT2D eigenvalue weighted by Gasteiger charge is -2.18. The Balaban J connectivity index is 2.16. The molecule has 0 aliphatic heterocycles. The number of hydrogen-bond donors (Lipinski definition) is 2. The van der Waals surface area contributed by atoms with Gasteiger partial charge in [-0.2, -0.15) is 4.31 Å². The van der Waals surface area contributed by atoms with Crippen LogP contribution in [0.2, 0.25) is 0 Å². The molecule has 0 spiro atoms. The summed E-state index contributed by atoms with van der Waals surface area (Å²) in [4.78, 5) is 14.4. The molecule has 8 nitrogen and oxygen atoms in total. The van der Waals surface area contributed by atoms with Gasteiger partial charge in [0.2, 0.25) is 10.0 Å². The predicted octanol–water partition coefficient (Wildman–Crippen LogP) is 2.46. The van der Waals surface area contributed by atoms with Gasteiger partial charge in [-0.25, -0.2) is 16.8 Å². The number of carbonyl (C=O) groups is 1. The Bertz CT molecular complexity index is 1090. The van der Waals surface area contributed by atoms with Gasteiger partial charge in [0, 0.05) is 18.7 Å². The molecule has 0 atom stereocenters. The third-order valence-electron chi connectivity index (χ3n) is 4.60. The quantitative estimate of drug-likeness (QED) is 0.567. The van der Waals surface area contributed by atoms with Crippen molar-refractivity contribution in [2.45, 2.75) is 43.4 Å². The van der Waals surface area contributed by atoms with Crippen molar-refractivity contribution in [3.63, 3.8) is 0 Å². The van der Waals surface area contributed by atoms with Gasteiger partial charge < -0.3 is 0 Å². The summed E-state index contributed by atoms with van der Waals surface area (Å²) in [6.45, 7) is 8.03. The van der Waals surface area contributed by atoms with E-state index in [0.29, 0.717) is 13.1 Å². The normalized spacial score (nSPS) is 12.3. The van der Waals surface area contributed by atoms with Crippen LogP contribution in [0.4, 0.5) is 0 Å². The van der Waals surface area contributed by atoms with E-state index in [4.69, 9.17) is 0 Å². The standard InChI is InChI=1S/C20H27N3O5S2/c1-5-23(6-2)30(27,28)19-9-7-8-17(14-19)20(24)21-22-29(25,26)18-12-10-16(11-13-18)15(3)4/h7-15,22H,5-6H2,1-4H3,(H,21,24). The highest BCUT2D eigenvalue weighted by molar-refractivity contribution is 7.89. The molecule has 0 aromatic heterocycles. The van der Waals surface area contributed by atoms with Crippen molar-refractivity contribution in [3.05, 3.63) is 59.7 Å². The van der Waals surface area contributed by atoms with Gasteiger partial charge in [-0.3, -0.25) is 10.2 Å². The summed E-state index contributed by atoms with van der Waals surface area (Å²) in [7, 11) is -7.71. The van der Waals surface area contributed by atoms with Crippen LogP contribution in [-0.2, 0) is 20.0 Å². The maximum Gasteiger partial charge on any atom is 0.266 e. The summed E-state index contributed by atoms with van der Waals surface area (Å²) in [5.41, 5.74) is 3.13. The first kappa shape index (κ1) is 24.0. The zero-order chi connectivity index (χ0) is 22.5. The minimum Gasteiger partial charge on any atom is -0.273 e. The number of carbonyl (C=O) groups excluding carboxylic acids is 1. The number of sulfonamides is 2. The van der Waals surface area contributed by atoms with E-state index >= 15 is 0 Å². The number of rotatable bonds is 9. The average Bonchev–Trinajstić information content (AvgIpc) is 2.73. The number of benzene rings is 2. The summed E-state index contributed by atoms with van der Waals surface area (Å²) < 4.78 is 51.4. The highest BCUT2D eigenvalue weighted by atomic mass is 32.2. The van der Waals surface area contributed by atoms with Crippen molar-refractivity contribution >= 4 is 26.0 Å². The summed E-state index contributed by atoms with van der Waals surface area (Å²) in [5.74, 6) is -0.511. The molecule has 164 valence electrons. The second-order valence-electron chi connectivity index (χ2n) is 6.90. The first-order chi connectivity index (χ1) is 14.0. The van der Waals surface area contributed by atoms with Crippen LogP contribution in [0.25, 0.3) is 0 Å². The van der Waals surface area contributed by atoms with E-state index in [0.717, 1.165) is 5.56 Å². The number of hydrazine groups is 1. The smallest absolute Gasteiger partial charge is 0.266 e. The molecule has 0 saturated heterocycles. The molecule has 2 rings (SSSR count). The van der Waals surface area contributed by atoms with Gasteiger partial charge in [-0.1, -0.05) is 45.9 Å². The largest absolute Gasteiger partial charge is 0.273 e. The molecule has 30 heavy (non-hydrogen) atoms. The number of nitrogens with zero attached hydrogens (tertiary/aromatic N) is 1. The molecule has 1 amide bonds. The van der Waals surface area contributed by atoms with Crippen LogP contribution in [0.3, 0.4) is 0 Å². The van der Waals surface area contributed by atoms with Crippen molar-refractivity contribution < 1.29 is 21.6 Å². The first-order valence-corrected chi connectivity index (χ1v) is 12.5. The Labute approximate surface area is 178 Å². The minimum absolute atomic E-state index is 0.00469. The monoisotopic (exact) mass is 453 g/mol. The maximum absolute atomic E-state index is 12.6. The molecule has 0 bridgehead atoms. The highest BCUT2D eigenvalue weighted by Crippen LogP contribution is 2.18. The zero-order valence-corrected chi connectivity index (χ0v) is 19.0. The van der Waals surface area contributed by atoms with Gasteiger partial charge in [0.25, 0.3) is 15.9 Å². The molecule has 0 radical (unpaired) electrons. The summed E-state index contributed by atoms with van der Waals surface area (Å²) >= 11 is 0. The first-order valence-electron chi connectivity index (χ1n) is 9.55. The maximum atomic E-state index is 12.6. The SMILES string of the molecule is CCN(CC)S(=O)(=O)c1cccc(C(=O)NNS(=O)(=O)c2ccc(C(C)C)cc2)c1. The van der Waals surface area contributed by atoms with Crippen molar-refractivity contribution in [2.24, 2.45) is 0 Å². The van der Waals surface area contributed by atoms with Gasteiger partial charge in [0.1, 0.15) is 0 Å². The van der Waals surface area contributed by atoms with Crippen molar-refractivity contribution in [3.8, 4) is 0 Å². The van der Waals surface area contributed by atoms with Crippen LogP contribution in [0.5, 0.6) is 0 Å². The van der Waals surface area contributed by atoms with Crippen LogP contribution in [0, 0.1) is 0 Å². The fraction of sp³-hybridized carbons (Fsp3) is 0.350. The van der Waals surface area contributed by atoms with Crippen molar-refractivity contribution in [1.29, 1.82) is 0 Å². The fourth-order valence-electron chi connectivity index (χ4n) is 2.79. The molecular weight excluding hydrogens is 426 g/mol. The van der Waals surface area contributed by atoms with Gasteiger partial charge in [0.15, 0.2) is 0 Å². The molecule has 2 aromatic rings. The number of nitrogens with one attached hydrogen (secondary N) is 2. The lowest BCUT2D eigenvalue weighted by Crippen LogP contribution is -2.41. The van der Waals surface area contributed by atoms with E-state index in [1.807, 2.05) is 18.7 Å². The Morgan fingerprint density at radius 1 is 0.933 bits per heavy atom. The van der Waals surface area contributed by atoms with Crippen molar-refractivity contribution in [2.75, 3.05) is 13.1 Å². The Morgan fingerprint density at radius 3 is 2.07 bits per heavy atom. The van der Waals surface area contributed by atoms with Gasteiger partial charge >= 0.3 is 0 Å². The molecule has 0 aliphatic rings. The lowest BCUT2D eigenvalue weighted by atomic mass is 10.0. The molecule has 0 unspecified atom stereocenters. The Morgan fingerprint density at radius 2 is 1.53 bits per heavy atom. The second kappa shape index (κ2) is 9.69. The van der Waals surface area contributed by atoms with E-state index in [2.05, 4.69) is 5.43 Å². The van der Waals surface area contributed by atoms with Crippen LogP contribution >= 0.6 is 0 Å². The van der Waals surface area contributed by atoms with E-state index < -0.39 is 26.0 Å². The van der Waals surface area contributed by atoms with Gasteiger partial charge in [0.05, 0.1) is 9.79 Å². The Kier molecular flexibility index (Phi) is 7.75. The van der Waals surface area contributed by atoms with E-state index in [1.165, 1.54) is 40.7 Å². The van der Waals surface area contributed by atoms with Crippen LogP contribution < -0.4 is 10.3 Å². The highest BCUT2D eigenvalue weighted by Gasteiger charge is 2.23. The number of amides is 1. The fourth-order valence-corrected chi connectivity index (χ4v) is 5.13. The van der Waals surface area contributed by atoms with Gasteiger partial charge in [-0.15, -0.1) is 4.83 Å². The third kappa shape index (κ3) is 5.45. The lowest BCUT2D eigenvalue weighted by molar-refractivity contribution is 0.0945. The molecule has 2 aromatic carbocycles. The van der Waals surface area contributed by atoms with Crippen molar-refractivity contribution in [1.82, 2.24) is 14.6 Å². The number of hydrogen-bond acceptors (Lipinski definition) is 5. The van der Waals surface area contributed by atoms with Gasteiger partial charge in [-0.05, 0) is 41.8 Å². The molecule has 0 saturated carbocycles. The summed E-state index contributed by atoms with van der Waals surface area (Å²) in [6.07, 6.45) is 0. The topological polar surface area (TPSA) is 113 Å². The van der Waals surface area contributed by atoms with Crippen LogP contribution in [0.1, 0.15) is 49.5 Å². The predicted molar refractivity (Wildman–Crippen MR) is 115 cm³/mol. The molecule has 2 N–H and O–H groups in total. The van der Waals surface area contributed by atoms with E-state index in [1.54, 1.807) is 26.0 Å². The molecular formula is C20H27N3O5S2.